The van der Waals surface area contributed by atoms with Gasteiger partial charge in [-0.1, -0.05) is 26.3 Å². The van der Waals surface area contributed by atoms with Crippen LogP contribution in [0.15, 0.2) is 73.4 Å². The molecule has 0 spiro atoms. The molecule has 1 aliphatic rings. The maximum Gasteiger partial charge on any atom is 0.500 e. The van der Waals surface area contributed by atoms with Crippen LogP contribution in [0.1, 0.15) is 37.6 Å². The van der Waals surface area contributed by atoms with Crippen molar-refractivity contribution in [2.24, 2.45) is 0 Å². The zero-order valence-electron chi connectivity index (χ0n) is 25.8. The molecule has 0 bridgehead atoms. The van der Waals surface area contributed by atoms with Crippen molar-refractivity contribution in [3.63, 3.8) is 0 Å². The molecule has 1 aromatic carbocycles. The van der Waals surface area contributed by atoms with Gasteiger partial charge in [0.1, 0.15) is 18.5 Å². The lowest BCUT2D eigenvalue weighted by molar-refractivity contribution is -0.140. The van der Waals surface area contributed by atoms with Gasteiger partial charge in [0.05, 0.1) is 13.2 Å². The smallest absolute Gasteiger partial charge is 0.500 e. The summed E-state index contributed by atoms with van der Waals surface area (Å²) < 4.78 is 30.2. The number of rotatable bonds is 14. The first kappa shape index (κ1) is 41.3. The molecule has 0 aromatic heterocycles. The number of carboxylic acid groups (broad SMARTS) is 1. The molecule has 0 radical (unpaired) electrons. The zero-order valence-corrected chi connectivity index (χ0v) is 26.8. The van der Waals surface area contributed by atoms with E-state index in [4.69, 9.17) is 37.7 Å². The van der Waals surface area contributed by atoms with E-state index >= 15 is 0 Å². The van der Waals surface area contributed by atoms with E-state index in [1.165, 1.54) is 25.1 Å². The van der Waals surface area contributed by atoms with Gasteiger partial charge in [-0.05, 0) is 57.5 Å². The second-order valence-corrected chi connectivity index (χ2v) is 11.9. The minimum Gasteiger partial charge on any atom is -0.508 e. The summed E-state index contributed by atoms with van der Waals surface area (Å²) in [4.78, 5) is 42.3. The predicted octanol–water partition coefficient (Wildman–Crippen LogP) is 4.29. The number of carbonyl (C=O) groups excluding carboxylic acids is 3. The van der Waals surface area contributed by atoms with Gasteiger partial charge in [0.2, 0.25) is 0 Å². The Bertz CT molecular complexity index is 1070. The molecular formula is C30H44O12Si. The van der Waals surface area contributed by atoms with Crippen molar-refractivity contribution < 1.29 is 56.9 Å². The topological polar surface area (TPSA) is 167 Å². The number of phenolic OH excluding ortho intramolecular Hbond substituents is 1. The molecule has 1 saturated heterocycles. The van der Waals surface area contributed by atoms with Crippen LogP contribution in [-0.4, -0.2) is 90.0 Å². The minimum absolute atomic E-state index is 0.134. The van der Waals surface area contributed by atoms with E-state index in [1.807, 2.05) is 0 Å². The quantitative estimate of drug-likeness (QED) is 0.0754. The Hall–Kier alpha value is -3.88. The fourth-order valence-corrected chi connectivity index (χ4v) is 4.02. The van der Waals surface area contributed by atoms with Crippen LogP contribution in [-0.2, 0) is 41.9 Å². The molecule has 0 aliphatic carbocycles. The molecule has 2 N–H and O–H groups in total. The highest BCUT2D eigenvalue weighted by Crippen LogP contribution is 2.15. The molecule has 13 heteroatoms. The Labute approximate surface area is 254 Å². The van der Waals surface area contributed by atoms with Crippen molar-refractivity contribution in [1.29, 1.82) is 0 Å². The Morgan fingerprint density at radius 3 is 1.70 bits per heavy atom. The van der Waals surface area contributed by atoms with Crippen molar-refractivity contribution in [1.82, 2.24) is 0 Å². The summed E-state index contributed by atoms with van der Waals surface area (Å²) >= 11 is 0. The molecule has 0 saturated carbocycles. The number of ketones is 1. The summed E-state index contributed by atoms with van der Waals surface area (Å²) in [5, 5.41) is 16.8. The normalized spacial score (nSPS) is 12.7. The van der Waals surface area contributed by atoms with Gasteiger partial charge in [-0.25, -0.2) is 14.4 Å². The average Bonchev–Trinajstić information content (AvgIpc) is 3.81. The SMILES string of the molecule is C=C(C)C(=O)O.C=C(C)C(=O)OCC1CO1.C=C(C)C(=O)OCCC[Si](OC)(OC)OC.C=CC(=O)c1ccc(O)cc1. The van der Waals surface area contributed by atoms with Crippen molar-refractivity contribution >= 4 is 32.5 Å². The number of aliphatic carboxylic acids is 1. The molecular weight excluding hydrogens is 580 g/mol. The second-order valence-electron chi connectivity index (χ2n) is 8.85. The molecule has 1 aromatic rings. The molecule has 1 atom stereocenters. The summed E-state index contributed by atoms with van der Waals surface area (Å²) in [6, 6.07) is 6.66. The largest absolute Gasteiger partial charge is 0.508 e. The van der Waals surface area contributed by atoms with Crippen LogP contribution in [0.25, 0.3) is 0 Å². The van der Waals surface area contributed by atoms with Gasteiger partial charge >= 0.3 is 26.7 Å². The van der Waals surface area contributed by atoms with Crippen LogP contribution in [0.4, 0.5) is 0 Å². The number of phenols is 1. The van der Waals surface area contributed by atoms with E-state index in [0.29, 0.717) is 49.0 Å². The van der Waals surface area contributed by atoms with Gasteiger partial charge in [0, 0.05) is 49.7 Å². The molecule has 0 amide bonds. The number of benzene rings is 1. The van der Waals surface area contributed by atoms with E-state index < -0.39 is 14.8 Å². The van der Waals surface area contributed by atoms with Gasteiger partial charge in [-0.15, -0.1) is 0 Å². The third kappa shape index (κ3) is 20.6. The molecule has 1 aliphatic heterocycles. The van der Waals surface area contributed by atoms with Crippen LogP contribution in [0.2, 0.25) is 6.04 Å². The Balaban J connectivity index is 0. The number of carboxylic acids is 1. The lowest BCUT2D eigenvalue weighted by atomic mass is 10.1. The third-order valence-electron chi connectivity index (χ3n) is 5.00. The van der Waals surface area contributed by atoms with Gasteiger partial charge in [0.15, 0.2) is 5.78 Å². The highest BCUT2D eigenvalue weighted by Gasteiger charge is 2.37. The number of aromatic hydroxyl groups is 1. The molecule has 12 nitrogen and oxygen atoms in total. The fourth-order valence-electron chi connectivity index (χ4n) is 2.33. The number of epoxide rings is 1. The Kier molecular flexibility index (Phi) is 21.8. The molecule has 240 valence electrons. The third-order valence-corrected chi connectivity index (χ3v) is 7.83. The fraction of sp³-hybridized carbons (Fsp3) is 0.400. The van der Waals surface area contributed by atoms with Crippen molar-refractivity contribution in [3.05, 3.63) is 78.9 Å². The van der Waals surface area contributed by atoms with Gasteiger partial charge in [-0.3, -0.25) is 4.79 Å². The number of esters is 2. The minimum atomic E-state index is -2.53. The van der Waals surface area contributed by atoms with Crippen LogP contribution in [0.5, 0.6) is 5.75 Å². The average molecular weight is 625 g/mol. The Morgan fingerprint density at radius 1 is 0.907 bits per heavy atom. The van der Waals surface area contributed by atoms with Crippen molar-refractivity contribution in [2.45, 2.75) is 39.3 Å². The summed E-state index contributed by atoms with van der Waals surface area (Å²) in [5.74, 6) is -1.62. The van der Waals surface area contributed by atoms with E-state index in [9.17, 15) is 19.2 Å². The van der Waals surface area contributed by atoms with E-state index in [-0.39, 0.29) is 35.1 Å². The monoisotopic (exact) mass is 624 g/mol. The Morgan fingerprint density at radius 2 is 1.35 bits per heavy atom. The van der Waals surface area contributed by atoms with Crippen LogP contribution < -0.4 is 0 Å². The van der Waals surface area contributed by atoms with Gasteiger partial charge in [-0.2, -0.15) is 0 Å². The zero-order chi connectivity index (χ0) is 33.6. The molecule has 1 fully saturated rings. The lowest BCUT2D eigenvalue weighted by Crippen LogP contribution is -2.42. The molecule has 1 heterocycles. The van der Waals surface area contributed by atoms with E-state index in [0.717, 1.165) is 0 Å². The van der Waals surface area contributed by atoms with E-state index in [2.05, 4.69) is 26.3 Å². The second kappa shape index (κ2) is 22.7. The number of hydrogen-bond acceptors (Lipinski definition) is 11. The first-order valence-corrected chi connectivity index (χ1v) is 14.8. The molecule has 1 unspecified atom stereocenters. The number of hydrogen-bond donors (Lipinski definition) is 2. The van der Waals surface area contributed by atoms with Crippen molar-refractivity contribution in [2.75, 3.05) is 41.2 Å². The highest BCUT2D eigenvalue weighted by molar-refractivity contribution is 6.60. The first-order chi connectivity index (χ1) is 20.1. The first-order valence-electron chi connectivity index (χ1n) is 12.9. The van der Waals surface area contributed by atoms with Crippen LogP contribution >= 0.6 is 0 Å². The maximum absolute atomic E-state index is 11.1. The number of allylic oxidation sites excluding steroid dienone is 1. The highest BCUT2D eigenvalue weighted by atomic mass is 28.4. The summed E-state index contributed by atoms with van der Waals surface area (Å²) in [5.41, 5.74) is 1.54. The maximum atomic E-state index is 11.1. The molecule has 43 heavy (non-hydrogen) atoms. The van der Waals surface area contributed by atoms with Crippen LogP contribution in [0.3, 0.4) is 0 Å². The predicted molar refractivity (Wildman–Crippen MR) is 163 cm³/mol. The standard InChI is InChI=1S/C10H20O5Si.C9H8O2.C7H10O3.C4H6O2/c1-9(2)10(11)15-7-6-8-16(12-3,13-4)14-5;1-2-9(11)7-3-5-8(10)6-4-7;1-5(2)7(8)10-4-6-3-9-6;1-3(2)4(5)6/h1,6-8H2,2-5H3;2-6,10H,1H2;6H,1,3-4H2,2H3;1H2,2H3,(H,5,6). The van der Waals surface area contributed by atoms with Crippen LogP contribution in [0, 0.1) is 0 Å². The summed E-state index contributed by atoms with van der Waals surface area (Å²) in [6.45, 7) is 19.5. The lowest BCUT2D eigenvalue weighted by Gasteiger charge is -2.24. The molecule has 2 rings (SSSR count). The van der Waals surface area contributed by atoms with Gasteiger partial charge < -0.3 is 37.7 Å². The summed E-state index contributed by atoms with van der Waals surface area (Å²) in [6.07, 6.45) is 2.02. The number of ether oxygens (including phenoxy) is 3. The van der Waals surface area contributed by atoms with Crippen molar-refractivity contribution in [3.8, 4) is 5.75 Å². The van der Waals surface area contributed by atoms with E-state index in [1.54, 1.807) is 47.3 Å². The number of carbonyl (C=O) groups is 4. The van der Waals surface area contributed by atoms with Gasteiger partial charge in [0.25, 0.3) is 0 Å². The summed E-state index contributed by atoms with van der Waals surface area (Å²) in [7, 11) is 2.13.